The normalized spacial score (nSPS) is 18.8. The molecule has 2 N–H and O–H groups in total. The summed E-state index contributed by atoms with van der Waals surface area (Å²) >= 11 is 1.17. The van der Waals surface area contributed by atoms with E-state index in [1.54, 1.807) is 11.0 Å². The monoisotopic (exact) mass is 445 g/mol. The van der Waals surface area contributed by atoms with Crippen molar-refractivity contribution in [3.8, 4) is 0 Å². The molecule has 2 aromatic rings. The van der Waals surface area contributed by atoms with Crippen molar-refractivity contribution in [2.24, 2.45) is 0 Å². The van der Waals surface area contributed by atoms with Gasteiger partial charge in [-0.15, -0.1) is 11.8 Å². The molecular formula is C21H23N3O4S2. The number of carbonyl (C=O) groups excluding carboxylic acids is 2. The van der Waals surface area contributed by atoms with Gasteiger partial charge >= 0.3 is 0 Å². The first-order valence-electron chi connectivity index (χ1n) is 9.79. The summed E-state index contributed by atoms with van der Waals surface area (Å²) in [6.45, 7) is 3.50. The lowest BCUT2D eigenvalue weighted by molar-refractivity contribution is -0.133. The van der Waals surface area contributed by atoms with Crippen LogP contribution in [0.1, 0.15) is 24.0 Å². The number of carbonyl (C=O) groups is 2. The van der Waals surface area contributed by atoms with Gasteiger partial charge in [0.1, 0.15) is 0 Å². The second kappa shape index (κ2) is 8.41. The zero-order valence-electron chi connectivity index (χ0n) is 16.6. The molecule has 2 aliphatic heterocycles. The largest absolute Gasteiger partial charge is 0.341 e. The molecule has 0 radical (unpaired) electrons. The summed E-state index contributed by atoms with van der Waals surface area (Å²) in [6.07, 6.45) is 1.91. The summed E-state index contributed by atoms with van der Waals surface area (Å²) in [4.78, 5) is 27.6. The molecule has 1 fully saturated rings. The fraction of sp³-hybridized carbons (Fsp3) is 0.333. The molecule has 2 aromatic carbocycles. The molecule has 4 rings (SSSR count). The van der Waals surface area contributed by atoms with Gasteiger partial charge < -0.3 is 10.2 Å². The zero-order valence-corrected chi connectivity index (χ0v) is 18.2. The highest BCUT2D eigenvalue weighted by Gasteiger charge is 2.37. The maximum atomic E-state index is 12.7. The number of thioether (sulfide) groups is 1. The van der Waals surface area contributed by atoms with Crippen LogP contribution in [0.5, 0.6) is 0 Å². The van der Waals surface area contributed by atoms with E-state index >= 15 is 0 Å². The number of hydrogen-bond acceptors (Lipinski definition) is 5. The minimum Gasteiger partial charge on any atom is -0.341 e. The van der Waals surface area contributed by atoms with Crippen LogP contribution < -0.4 is 10.0 Å². The first kappa shape index (κ1) is 20.9. The third-order valence-electron chi connectivity index (χ3n) is 5.23. The quantitative estimate of drug-likeness (QED) is 0.690. The molecule has 1 saturated heterocycles. The Balaban J connectivity index is 1.48. The van der Waals surface area contributed by atoms with Gasteiger partial charge in [0.15, 0.2) is 5.25 Å². The minimum atomic E-state index is -3.75. The Labute approximate surface area is 180 Å². The fourth-order valence-electron chi connectivity index (χ4n) is 3.49. The van der Waals surface area contributed by atoms with Gasteiger partial charge in [-0.1, -0.05) is 29.8 Å². The second-order valence-corrected chi connectivity index (χ2v) is 10.4. The van der Waals surface area contributed by atoms with Crippen LogP contribution in [0.15, 0.2) is 52.3 Å². The van der Waals surface area contributed by atoms with Crippen molar-refractivity contribution >= 4 is 39.3 Å². The van der Waals surface area contributed by atoms with Gasteiger partial charge in [0, 0.05) is 24.5 Å². The van der Waals surface area contributed by atoms with Crippen molar-refractivity contribution in [2.45, 2.75) is 41.4 Å². The molecule has 7 nitrogen and oxygen atoms in total. The van der Waals surface area contributed by atoms with Gasteiger partial charge in [-0.3, -0.25) is 9.59 Å². The summed E-state index contributed by atoms with van der Waals surface area (Å²) in [7, 11) is -3.75. The van der Waals surface area contributed by atoms with E-state index in [4.69, 9.17) is 0 Å². The van der Waals surface area contributed by atoms with E-state index < -0.39 is 21.2 Å². The Kier molecular flexibility index (Phi) is 5.86. The van der Waals surface area contributed by atoms with E-state index in [0.717, 1.165) is 24.0 Å². The van der Waals surface area contributed by atoms with Crippen LogP contribution in [0.3, 0.4) is 0 Å². The number of amides is 2. The second-order valence-electron chi connectivity index (χ2n) is 7.49. The van der Waals surface area contributed by atoms with E-state index in [9.17, 15) is 18.0 Å². The summed E-state index contributed by atoms with van der Waals surface area (Å²) in [5.74, 6) is -0.594. The summed E-state index contributed by atoms with van der Waals surface area (Å²) in [5.41, 5.74) is 2.37. The highest BCUT2D eigenvalue weighted by molar-refractivity contribution is 8.01. The topological polar surface area (TPSA) is 95.6 Å². The number of sulfonamides is 1. The van der Waals surface area contributed by atoms with Gasteiger partial charge in [0.05, 0.1) is 10.6 Å². The molecular weight excluding hydrogens is 422 g/mol. The Morgan fingerprint density at radius 3 is 2.57 bits per heavy atom. The van der Waals surface area contributed by atoms with Crippen molar-refractivity contribution in [2.75, 3.05) is 18.4 Å². The molecule has 2 amide bonds. The van der Waals surface area contributed by atoms with Gasteiger partial charge in [-0.05, 0) is 43.5 Å². The van der Waals surface area contributed by atoms with Gasteiger partial charge in [0.2, 0.25) is 21.8 Å². The van der Waals surface area contributed by atoms with E-state index in [0.29, 0.717) is 23.7 Å². The SMILES string of the molecule is Cc1ccc(CNS(=O)(=O)c2ccc3c(c2)NC(=O)[C@@H](C(=O)N2CCCC2)S3)cc1. The molecule has 0 aromatic heterocycles. The van der Waals surface area contributed by atoms with Crippen molar-refractivity contribution < 1.29 is 18.0 Å². The van der Waals surface area contributed by atoms with Crippen molar-refractivity contribution in [1.82, 2.24) is 9.62 Å². The lowest BCUT2D eigenvalue weighted by Crippen LogP contribution is -2.43. The highest BCUT2D eigenvalue weighted by Crippen LogP contribution is 2.38. The number of aryl methyl sites for hydroxylation is 1. The van der Waals surface area contributed by atoms with Crippen LogP contribution in [0.25, 0.3) is 0 Å². The predicted molar refractivity (Wildman–Crippen MR) is 116 cm³/mol. The Bertz CT molecular complexity index is 1080. The molecule has 2 aliphatic rings. The Morgan fingerprint density at radius 1 is 1.17 bits per heavy atom. The van der Waals surface area contributed by atoms with E-state index in [1.807, 2.05) is 31.2 Å². The number of rotatable bonds is 5. The molecule has 158 valence electrons. The molecule has 9 heteroatoms. The zero-order chi connectivity index (χ0) is 21.3. The van der Waals surface area contributed by atoms with Crippen LogP contribution >= 0.6 is 11.8 Å². The average molecular weight is 446 g/mol. The number of nitrogens with zero attached hydrogens (tertiary/aromatic N) is 1. The fourth-order valence-corrected chi connectivity index (χ4v) is 5.59. The number of fused-ring (bicyclic) bond motifs is 1. The number of nitrogens with one attached hydrogen (secondary N) is 2. The van der Waals surface area contributed by atoms with Crippen LogP contribution in [-0.2, 0) is 26.2 Å². The summed E-state index contributed by atoms with van der Waals surface area (Å²) < 4.78 is 28.0. The van der Waals surface area contributed by atoms with Gasteiger partial charge in [0.25, 0.3) is 0 Å². The van der Waals surface area contributed by atoms with Crippen molar-refractivity contribution in [3.05, 3.63) is 53.6 Å². The Hall–Kier alpha value is -2.36. The summed E-state index contributed by atoms with van der Waals surface area (Å²) in [5, 5.41) is 1.87. The molecule has 0 aliphatic carbocycles. The number of hydrogen-bond donors (Lipinski definition) is 2. The average Bonchev–Trinajstić information content (AvgIpc) is 3.27. The molecule has 0 bridgehead atoms. The van der Waals surface area contributed by atoms with Crippen LogP contribution in [0, 0.1) is 6.92 Å². The molecule has 0 saturated carbocycles. The lowest BCUT2D eigenvalue weighted by atomic mass is 10.2. The molecule has 0 spiro atoms. The van der Waals surface area contributed by atoms with Crippen LogP contribution in [0.4, 0.5) is 5.69 Å². The number of benzene rings is 2. The Morgan fingerprint density at radius 2 is 1.87 bits per heavy atom. The first-order chi connectivity index (χ1) is 14.3. The van der Waals surface area contributed by atoms with E-state index in [1.165, 1.54) is 23.9 Å². The highest BCUT2D eigenvalue weighted by atomic mass is 32.2. The molecule has 0 unspecified atom stereocenters. The van der Waals surface area contributed by atoms with Crippen LogP contribution in [-0.4, -0.2) is 43.5 Å². The lowest BCUT2D eigenvalue weighted by Gasteiger charge is -2.27. The standard InChI is InChI=1S/C21H23N3O4S2/c1-14-4-6-15(7-5-14)13-22-30(27,28)16-8-9-18-17(12-16)23-20(25)19(29-18)21(26)24-10-2-3-11-24/h4-9,12,19,22H,2-3,10-11,13H2,1H3,(H,23,25)/t19-/m0/s1. The van der Waals surface area contributed by atoms with E-state index in [2.05, 4.69) is 10.0 Å². The summed E-state index contributed by atoms with van der Waals surface area (Å²) in [6, 6.07) is 12.2. The van der Waals surface area contributed by atoms with Crippen LogP contribution in [0.2, 0.25) is 0 Å². The van der Waals surface area contributed by atoms with Crippen molar-refractivity contribution in [3.63, 3.8) is 0 Å². The first-order valence-corrected chi connectivity index (χ1v) is 12.2. The molecule has 30 heavy (non-hydrogen) atoms. The van der Waals surface area contributed by atoms with E-state index in [-0.39, 0.29) is 17.3 Å². The number of anilines is 1. The van der Waals surface area contributed by atoms with Crippen molar-refractivity contribution in [1.29, 1.82) is 0 Å². The third kappa shape index (κ3) is 4.38. The minimum absolute atomic E-state index is 0.0681. The number of likely N-dealkylation sites (tertiary alicyclic amines) is 1. The molecule has 2 heterocycles. The predicted octanol–water partition coefficient (Wildman–Crippen LogP) is 2.51. The molecule has 1 atom stereocenters. The third-order valence-corrected chi connectivity index (χ3v) is 7.89. The van der Waals surface area contributed by atoms with Gasteiger partial charge in [-0.25, -0.2) is 13.1 Å². The maximum absolute atomic E-state index is 12.7. The smallest absolute Gasteiger partial charge is 0.247 e. The maximum Gasteiger partial charge on any atom is 0.247 e. The van der Waals surface area contributed by atoms with Gasteiger partial charge in [-0.2, -0.15) is 0 Å².